The standard InChI is InChI=1S/C13H17FN2O/c1-9-2-10(4-12(14)3-9)7-16-8-11(6-15)5-13(16)17/h2-4,11H,5-8,15H2,1H3. The first-order chi connectivity index (χ1) is 8.08. The van der Waals surface area contributed by atoms with Crippen molar-refractivity contribution in [3.05, 3.63) is 35.1 Å². The molecule has 1 saturated heterocycles. The Bertz CT molecular complexity index is 413. The fourth-order valence-electron chi connectivity index (χ4n) is 2.29. The minimum Gasteiger partial charge on any atom is -0.338 e. The first-order valence-electron chi connectivity index (χ1n) is 5.82. The average Bonchev–Trinajstić information content (AvgIpc) is 2.58. The molecule has 0 spiro atoms. The quantitative estimate of drug-likeness (QED) is 0.863. The highest BCUT2D eigenvalue weighted by atomic mass is 19.1. The number of likely N-dealkylation sites (tertiary alicyclic amines) is 1. The van der Waals surface area contributed by atoms with Crippen LogP contribution in [0.1, 0.15) is 17.5 Å². The number of carbonyl (C=O) groups is 1. The van der Waals surface area contributed by atoms with Crippen molar-refractivity contribution in [2.24, 2.45) is 11.7 Å². The molecule has 1 aromatic carbocycles. The van der Waals surface area contributed by atoms with Crippen molar-refractivity contribution in [1.82, 2.24) is 4.90 Å². The second kappa shape index (κ2) is 4.84. The molecule has 1 amide bonds. The van der Waals surface area contributed by atoms with Crippen molar-refractivity contribution in [3.8, 4) is 0 Å². The lowest BCUT2D eigenvalue weighted by molar-refractivity contribution is -0.128. The number of hydrogen-bond acceptors (Lipinski definition) is 2. The molecular weight excluding hydrogens is 219 g/mol. The third-order valence-electron chi connectivity index (χ3n) is 3.10. The Morgan fingerprint density at radius 1 is 1.47 bits per heavy atom. The van der Waals surface area contributed by atoms with E-state index in [-0.39, 0.29) is 17.6 Å². The average molecular weight is 236 g/mol. The van der Waals surface area contributed by atoms with Crippen molar-refractivity contribution in [2.45, 2.75) is 19.9 Å². The van der Waals surface area contributed by atoms with Crippen LogP contribution in [0.3, 0.4) is 0 Å². The molecule has 1 aliphatic rings. The zero-order chi connectivity index (χ0) is 12.4. The summed E-state index contributed by atoms with van der Waals surface area (Å²) in [6.45, 7) is 3.55. The molecule has 0 aromatic heterocycles. The topological polar surface area (TPSA) is 46.3 Å². The van der Waals surface area contributed by atoms with Crippen LogP contribution in [0.2, 0.25) is 0 Å². The van der Waals surface area contributed by atoms with E-state index >= 15 is 0 Å². The van der Waals surface area contributed by atoms with Gasteiger partial charge in [-0.2, -0.15) is 0 Å². The van der Waals surface area contributed by atoms with Crippen molar-refractivity contribution < 1.29 is 9.18 Å². The molecule has 0 radical (unpaired) electrons. The predicted molar refractivity (Wildman–Crippen MR) is 63.7 cm³/mol. The van der Waals surface area contributed by atoms with Gasteiger partial charge in [-0.15, -0.1) is 0 Å². The van der Waals surface area contributed by atoms with Gasteiger partial charge in [-0.3, -0.25) is 4.79 Å². The molecule has 4 heteroatoms. The van der Waals surface area contributed by atoms with Gasteiger partial charge >= 0.3 is 0 Å². The summed E-state index contributed by atoms with van der Waals surface area (Å²) >= 11 is 0. The molecular formula is C13H17FN2O. The van der Waals surface area contributed by atoms with Gasteiger partial charge in [0.15, 0.2) is 0 Å². The first-order valence-corrected chi connectivity index (χ1v) is 5.82. The Morgan fingerprint density at radius 2 is 2.24 bits per heavy atom. The van der Waals surface area contributed by atoms with Crippen LogP contribution in [0.5, 0.6) is 0 Å². The Hall–Kier alpha value is -1.42. The minimum atomic E-state index is -0.248. The number of nitrogens with two attached hydrogens (primary N) is 1. The van der Waals surface area contributed by atoms with E-state index < -0.39 is 0 Å². The molecule has 1 heterocycles. The van der Waals surface area contributed by atoms with Gasteiger partial charge < -0.3 is 10.6 Å². The number of carbonyl (C=O) groups excluding carboxylic acids is 1. The smallest absolute Gasteiger partial charge is 0.223 e. The zero-order valence-electron chi connectivity index (χ0n) is 9.95. The van der Waals surface area contributed by atoms with E-state index in [1.165, 1.54) is 12.1 Å². The van der Waals surface area contributed by atoms with Crippen molar-refractivity contribution in [1.29, 1.82) is 0 Å². The predicted octanol–water partition coefficient (Wildman–Crippen LogP) is 1.44. The van der Waals surface area contributed by atoms with Crippen LogP contribution in [-0.4, -0.2) is 23.9 Å². The number of hydrogen-bond donors (Lipinski definition) is 1. The maximum Gasteiger partial charge on any atom is 0.223 e. The monoisotopic (exact) mass is 236 g/mol. The van der Waals surface area contributed by atoms with Gasteiger partial charge in [0.05, 0.1) is 0 Å². The lowest BCUT2D eigenvalue weighted by atomic mass is 10.1. The molecule has 2 rings (SSSR count). The minimum absolute atomic E-state index is 0.113. The third kappa shape index (κ3) is 2.82. The zero-order valence-corrected chi connectivity index (χ0v) is 9.95. The van der Waals surface area contributed by atoms with E-state index in [9.17, 15) is 9.18 Å². The van der Waals surface area contributed by atoms with E-state index in [0.717, 1.165) is 11.1 Å². The van der Waals surface area contributed by atoms with Gasteiger partial charge in [0.25, 0.3) is 0 Å². The fourth-order valence-corrected chi connectivity index (χ4v) is 2.29. The first kappa shape index (κ1) is 12.0. The van der Waals surface area contributed by atoms with E-state index in [1.807, 2.05) is 13.0 Å². The van der Waals surface area contributed by atoms with Crippen LogP contribution in [-0.2, 0) is 11.3 Å². The molecule has 2 N–H and O–H groups in total. The summed E-state index contributed by atoms with van der Waals surface area (Å²) in [7, 11) is 0. The Kier molecular flexibility index (Phi) is 3.43. The van der Waals surface area contributed by atoms with E-state index in [0.29, 0.717) is 26.1 Å². The summed E-state index contributed by atoms with van der Waals surface area (Å²) in [5.74, 6) is 0.113. The summed E-state index contributed by atoms with van der Waals surface area (Å²) in [5, 5.41) is 0. The van der Waals surface area contributed by atoms with Crippen molar-refractivity contribution in [3.63, 3.8) is 0 Å². The highest BCUT2D eigenvalue weighted by molar-refractivity contribution is 5.78. The molecule has 0 bridgehead atoms. The largest absolute Gasteiger partial charge is 0.338 e. The Balaban J connectivity index is 2.08. The van der Waals surface area contributed by atoms with Gasteiger partial charge in [0.2, 0.25) is 5.91 Å². The van der Waals surface area contributed by atoms with Gasteiger partial charge in [0, 0.05) is 19.5 Å². The van der Waals surface area contributed by atoms with Crippen molar-refractivity contribution in [2.75, 3.05) is 13.1 Å². The number of amides is 1. The summed E-state index contributed by atoms with van der Waals surface area (Å²) in [6, 6.07) is 4.88. The highest BCUT2D eigenvalue weighted by Gasteiger charge is 2.28. The molecule has 1 unspecified atom stereocenters. The SMILES string of the molecule is Cc1cc(F)cc(CN2CC(CN)CC2=O)c1. The number of aryl methyl sites for hydroxylation is 1. The third-order valence-corrected chi connectivity index (χ3v) is 3.10. The van der Waals surface area contributed by atoms with Crippen LogP contribution in [0.4, 0.5) is 4.39 Å². The second-order valence-corrected chi connectivity index (χ2v) is 4.72. The normalized spacial score (nSPS) is 20.1. The molecule has 92 valence electrons. The maximum absolute atomic E-state index is 13.2. The van der Waals surface area contributed by atoms with Crippen LogP contribution >= 0.6 is 0 Å². The van der Waals surface area contributed by atoms with E-state index in [4.69, 9.17) is 5.73 Å². The summed E-state index contributed by atoms with van der Waals surface area (Å²) < 4.78 is 13.2. The van der Waals surface area contributed by atoms with Crippen molar-refractivity contribution >= 4 is 5.91 Å². The number of halogens is 1. The number of benzene rings is 1. The molecule has 1 atom stereocenters. The lowest BCUT2D eigenvalue weighted by Crippen LogP contribution is -2.25. The molecule has 17 heavy (non-hydrogen) atoms. The lowest BCUT2D eigenvalue weighted by Gasteiger charge is -2.16. The summed E-state index contributed by atoms with van der Waals surface area (Å²) in [6.07, 6.45) is 0.519. The van der Waals surface area contributed by atoms with Gasteiger partial charge in [0.1, 0.15) is 5.82 Å². The molecule has 1 fully saturated rings. The van der Waals surface area contributed by atoms with Gasteiger partial charge in [-0.05, 0) is 42.6 Å². The Labute approximate surface area is 100 Å². The van der Waals surface area contributed by atoms with Crippen LogP contribution < -0.4 is 5.73 Å². The molecule has 1 aromatic rings. The maximum atomic E-state index is 13.2. The van der Waals surface area contributed by atoms with Crippen LogP contribution in [0, 0.1) is 18.7 Å². The summed E-state index contributed by atoms with van der Waals surface area (Å²) in [4.78, 5) is 13.5. The number of rotatable bonds is 3. The molecule has 0 aliphatic carbocycles. The second-order valence-electron chi connectivity index (χ2n) is 4.72. The van der Waals surface area contributed by atoms with E-state index in [2.05, 4.69) is 0 Å². The van der Waals surface area contributed by atoms with Crippen LogP contribution in [0.15, 0.2) is 18.2 Å². The summed E-state index contributed by atoms with van der Waals surface area (Å²) in [5.41, 5.74) is 7.28. The van der Waals surface area contributed by atoms with Gasteiger partial charge in [-0.1, -0.05) is 6.07 Å². The number of nitrogens with zero attached hydrogens (tertiary/aromatic N) is 1. The van der Waals surface area contributed by atoms with Crippen LogP contribution in [0.25, 0.3) is 0 Å². The molecule has 1 aliphatic heterocycles. The molecule has 0 saturated carbocycles. The van der Waals surface area contributed by atoms with Gasteiger partial charge in [-0.25, -0.2) is 4.39 Å². The van der Waals surface area contributed by atoms with E-state index in [1.54, 1.807) is 4.90 Å². The molecule has 3 nitrogen and oxygen atoms in total. The Morgan fingerprint density at radius 3 is 2.82 bits per heavy atom. The highest BCUT2D eigenvalue weighted by Crippen LogP contribution is 2.20. The fraction of sp³-hybridized carbons (Fsp3) is 0.462.